The first kappa shape index (κ1) is 17.0. The third-order valence-electron chi connectivity index (χ3n) is 3.85. The zero-order valence-corrected chi connectivity index (χ0v) is 14.6. The van der Waals surface area contributed by atoms with Crippen LogP contribution in [0.3, 0.4) is 0 Å². The van der Waals surface area contributed by atoms with E-state index >= 15 is 0 Å². The van der Waals surface area contributed by atoms with Gasteiger partial charge in [-0.1, -0.05) is 54.3 Å². The van der Waals surface area contributed by atoms with Gasteiger partial charge in [0, 0.05) is 11.3 Å². The van der Waals surface area contributed by atoms with Crippen molar-refractivity contribution in [3.8, 4) is 11.8 Å². The van der Waals surface area contributed by atoms with Gasteiger partial charge in [0.2, 0.25) is 0 Å². The Morgan fingerprint density at radius 1 is 1.20 bits per heavy atom. The van der Waals surface area contributed by atoms with E-state index in [-0.39, 0.29) is 0 Å². The number of rotatable bonds is 3. The second-order valence-corrected chi connectivity index (χ2v) is 6.92. The van der Waals surface area contributed by atoms with E-state index in [9.17, 15) is 10.0 Å². The van der Waals surface area contributed by atoms with Crippen molar-refractivity contribution in [3.05, 3.63) is 69.9 Å². The van der Waals surface area contributed by atoms with Crippen molar-refractivity contribution < 1.29 is 10.0 Å². The Kier molecular flexibility index (Phi) is 5.03. The lowest BCUT2D eigenvalue weighted by molar-refractivity contribution is -0.0536. The van der Waals surface area contributed by atoms with E-state index in [1.54, 1.807) is 18.3 Å². The molecule has 0 radical (unpaired) electrons. The third-order valence-corrected chi connectivity index (χ3v) is 4.85. The normalized spacial score (nSPS) is 11.6. The number of urea groups is 1. The molecule has 0 saturated carbocycles. The fourth-order valence-electron chi connectivity index (χ4n) is 2.52. The predicted octanol–water partition coefficient (Wildman–Crippen LogP) is 4.00. The zero-order chi connectivity index (χ0) is 17.8. The molecular weight excluding hydrogens is 332 g/mol. The molecular formula is C20H18N2O2S. The van der Waals surface area contributed by atoms with Crippen LogP contribution in [0.2, 0.25) is 0 Å². The Hall–Kier alpha value is -2.81. The van der Waals surface area contributed by atoms with E-state index in [0.717, 1.165) is 11.3 Å². The van der Waals surface area contributed by atoms with Gasteiger partial charge in [-0.2, -0.15) is 5.06 Å². The van der Waals surface area contributed by atoms with Crippen LogP contribution in [0.15, 0.2) is 54.6 Å². The van der Waals surface area contributed by atoms with Crippen molar-refractivity contribution in [2.45, 2.75) is 19.4 Å². The van der Waals surface area contributed by atoms with Crippen molar-refractivity contribution in [2.24, 2.45) is 5.73 Å². The molecule has 4 nitrogen and oxygen atoms in total. The molecule has 0 aliphatic carbocycles. The SMILES string of the molecule is C[C@H](C#Cc1ccc(Cc2ccc3ccccc3c2)s1)N(O)C(N)=O. The molecule has 1 atom stereocenters. The number of benzene rings is 2. The fraction of sp³-hybridized carbons (Fsp3) is 0.150. The number of hydroxylamine groups is 2. The number of carbonyl (C=O) groups excluding carboxylic acids is 1. The highest BCUT2D eigenvalue weighted by atomic mass is 32.1. The number of fused-ring (bicyclic) bond motifs is 1. The van der Waals surface area contributed by atoms with Crippen LogP contribution >= 0.6 is 11.3 Å². The molecule has 0 aliphatic heterocycles. The molecule has 3 rings (SSSR count). The first-order valence-electron chi connectivity index (χ1n) is 7.88. The molecule has 2 aromatic carbocycles. The summed E-state index contributed by atoms with van der Waals surface area (Å²) in [5.74, 6) is 5.79. The number of nitrogens with zero attached hydrogens (tertiary/aromatic N) is 1. The molecule has 126 valence electrons. The number of hydrogen-bond donors (Lipinski definition) is 2. The average Bonchev–Trinajstić information content (AvgIpc) is 3.06. The second-order valence-electron chi connectivity index (χ2n) is 5.75. The standard InChI is InChI=1S/C20H18N2O2S/c1-14(22(24)20(21)23)6-9-18-10-11-19(25-18)13-15-7-8-16-4-2-3-5-17(16)12-15/h2-5,7-8,10-12,14,24H,13H2,1H3,(H2,21,23)/t14-/m1/s1. The largest absolute Gasteiger partial charge is 0.350 e. The highest BCUT2D eigenvalue weighted by Crippen LogP contribution is 2.22. The number of nitrogens with two attached hydrogens (primary N) is 1. The highest BCUT2D eigenvalue weighted by Gasteiger charge is 2.11. The van der Waals surface area contributed by atoms with Gasteiger partial charge in [0.05, 0.1) is 4.88 Å². The minimum Gasteiger partial charge on any atom is -0.350 e. The molecule has 0 aliphatic rings. The van der Waals surface area contributed by atoms with Crippen molar-refractivity contribution in [3.63, 3.8) is 0 Å². The lowest BCUT2D eigenvalue weighted by Crippen LogP contribution is -2.38. The van der Waals surface area contributed by atoms with Crippen LogP contribution in [0.4, 0.5) is 4.79 Å². The quantitative estimate of drug-likeness (QED) is 0.426. The van der Waals surface area contributed by atoms with Crippen LogP contribution in [0.1, 0.15) is 22.2 Å². The summed E-state index contributed by atoms with van der Waals surface area (Å²) in [4.78, 5) is 13.0. The Labute approximate surface area is 150 Å². The molecule has 3 aromatic rings. The van der Waals surface area contributed by atoms with Gasteiger partial charge < -0.3 is 5.73 Å². The molecule has 2 amide bonds. The van der Waals surface area contributed by atoms with Gasteiger partial charge in [-0.3, -0.25) is 5.21 Å². The van der Waals surface area contributed by atoms with E-state index in [4.69, 9.17) is 5.73 Å². The molecule has 0 unspecified atom stereocenters. The number of thiophene rings is 1. The highest BCUT2D eigenvalue weighted by molar-refractivity contribution is 7.12. The number of hydrogen-bond acceptors (Lipinski definition) is 3. The fourth-order valence-corrected chi connectivity index (χ4v) is 3.42. The molecule has 1 aromatic heterocycles. The number of primary amides is 1. The maximum Gasteiger partial charge on any atom is 0.339 e. The van der Waals surface area contributed by atoms with Crippen molar-refractivity contribution >= 4 is 28.1 Å². The van der Waals surface area contributed by atoms with Crippen molar-refractivity contribution in [2.75, 3.05) is 0 Å². The smallest absolute Gasteiger partial charge is 0.339 e. The van der Waals surface area contributed by atoms with Gasteiger partial charge in [-0.15, -0.1) is 11.3 Å². The Morgan fingerprint density at radius 3 is 2.72 bits per heavy atom. The lowest BCUT2D eigenvalue weighted by atomic mass is 10.0. The van der Waals surface area contributed by atoms with Gasteiger partial charge in [0.1, 0.15) is 6.04 Å². The molecule has 0 fully saturated rings. The first-order valence-corrected chi connectivity index (χ1v) is 8.70. The van der Waals surface area contributed by atoms with Crippen molar-refractivity contribution in [1.29, 1.82) is 0 Å². The van der Waals surface area contributed by atoms with Crippen LogP contribution in [0.25, 0.3) is 10.8 Å². The van der Waals surface area contributed by atoms with E-state index in [1.807, 2.05) is 18.2 Å². The summed E-state index contributed by atoms with van der Waals surface area (Å²) >= 11 is 1.61. The summed E-state index contributed by atoms with van der Waals surface area (Å²) in [5.41, 5.74) is 6.26. The van der Waals surface area contributed by atoms with Gasteiger partial charge in [0.25, 0.3) is 0 Å². The third kappa shape index (κ3) is 4.18. The summed E-state index contributed by atoms with van der Waals surface area (Å²) < 4.78 is 0. The average molecular weight is 350 g/mol. The summed E-state index contributed by atoms with van der Waals surface area (Å²) in [6.45, 7) is 1.61. The monoisotopic (exact) mass is 350 g/mol. The van der Waals surface area contributed by atoms with Crippen LogP contribution < -0.4 is 5.73 Å². The van der Waals surface area contributed by atoms with Gasteiger partial charge in [0.15, 0.2) is 0 Å². The minimum atomic E-state index is -0.912. The molecule has 3 N–H and O–H groups in total. The number of carbonyl (C=O) groups is 1. The molecule has 1 heterocycles. The minimum absolute atomic E-state index is 0.427. The van der Waals surface area contributed by atoms with Crippen molar-refractivity contribution in [1.82, 2.24) is 5.06 Å². The van der Waals surface area contributed by atoms with E-state index < -0.39 is 12.1 Å². The second kappa shape index (κ2) is 7.39. The van der Waals surface area contributed by atoms with E-state index in [0.29, 0.717) is 5.06 Å². The molecule has 0 bridgehead atoms. The van der Waals surface area contributed by atoms with Gasteiger partial charge in [-0.25, -0.2) is 4.79 Å². The summed E-state index contributed by atoms with van der Waals surface area (Å²) in [7, 11) is 0. The predicted molar refractivity (Wildman–Crippen MR) is 101 cm³/mol. The molecule has 25 heavy (non-hydrogen) atoms. The summed E-state index contributed by atoms with van der Waals surface area (Å²) in [6.07, 6.45) is 0.847. The summed E-state index contributed by atoms with van der Waals surface area (Å²) in [5, 5.41) is 12.3. The Morgan fingerprint density at radius 2 is 1.96 bits per heavy atom. The first-order chi connectivity index (χ1) is 12.0. The zero-order valence-electron chi connectivity index (χ0n) is 13.8. The number of amides is 2. The maximum absolute atomic E-state index is 10.9. The van der Waals surface area contributed by atoms with Crippen LogP contribution in [-0.4, -0.2) is 22.3 Å². The van der Waals surface area contributed by atoms with Gasteiger partial charge in [-0.05, 0) is 35.4 Å². The molecule has 5 heteroatoms. The van der Waals surface area contributed by atoms with E-state index in [1.165, 1.54) is 21.2 Å². The maximum atomic E-state index is 10.9. The molecule has 0 saturated heterocycles. The Balaban J connectivity index is 1.72. The Bertz CT molecular complexity index is 968. The van der Waals surface area contributed by atoms with Crippen LogP contribution in [-0.2, 0) is 6.42 Å². The van der Waals surface area contributed by atoms with Crippen LogP contribution in [0.5, 0.6) is 0 Å². The topological polar surface area (TPSA) is 66.6 Å². The van der Waals surface area contributed by atoms with Crippen LogP contribution in [0, 0.1) is 11.8 Å². The van der Waals surface area contributed by atoms with E-state index in [2.05, 4.69) is 48.2 Å². The lowest BCUT2D eigenvalue weighted by Gasteiger charge is -2.14. The summed E-state index contributed by atoms with van der Waals surface area (Å²) in [6, 6.07) is 17.2. The molecule has 0 spiro atoms. The van der Waals surface area contributed by atoms with Gasteiger partial charge >= 0.3 is 6.03 Å².